The number of aromatic nitrogens is 5. The first-order valence-corrected chi connectivity index (χ1v) is 12.6. The highest BCUT2D eigenvalue weighted by atomic mass is 15.2. The molecule has 0 saturated heterocycles. The van der Waals surface area contributed by atoms with Gasteiger partial charge in [0, 0.05) is 27.1 Å². The number of fused-ring (bicyclic) bond motifs is 6. The molecule has 8 aromatic rings. The van der Waals surface area contributed by atoms with Gasteiger partial charge in [0.25, 0.3) is 0 Å². The van der Waals surface area contributed by atoms with E-state index in [9.17, 15) is 0 Å². The van der Waals surface area contributed by atoms with Crippen LogP contribution in [0.1, 0.15) is 0 Å². The highest BCUT2D eigenvalue weighted by Gasteiger charge is 2.16. The molecular formula is C33H21N5. The lowest BCUT2D eigenvalue weighted by molar-refractivity contribution is 0.967. The first kappa shape index (κ1) is 20.9. The van der Waals surface area contributed by atoms with Crippen LogP contribution in [0, 0.1) is 0 Å². The van der Waals surface area contributed by atoms with E-state index in [1.807, 2.05) is 36.8 Å². The van der Waals surface area contributed by atoms with Crippen molar-refractivity contribution in [1.82, 2.24) is 24.1 Å². The number of pyridine rings is 1. The van der Waals surface area contributed by atoms with E-state index in [4.69, 9.17) is 15.0 Å². The Bertz CT molecular complexity index is 2070. The van der Waals surface area contributed by atoms with Crippen LogP contribution in [0.4, 0.5) is 0 Å². The van der Waals surface area contributed by atoms with E-state index in [0.717, 1.165) is 44.4 Å². The van der Waals surface area contributed by atoms with Gasteiger partial charge >= 0.3 is 0 Å². The molecule has 0 aliphatic heterocycles. The molecule has 5 heteroatoms. The van der Waals surface area contributed by atoms with Gasteiger partial charge in [-0.25, -0.2) is 9.97 Å². The maximum atomic E-state index is 4.87. The normalized spacial score (nSPS) is 11.7. The van der Waals surface area contributed by atoms with E-state index in [1.165, 1.54) is 16.2 Å². The lowest BCUT2D eigenvalue weighted by atomic mass is 10.1. The number of nitrogens with zero attached hydrogens (tertiary/aromatic N) is 5. The first-order chi connectivity index (χ1) is 18.9. The highest BCUT2D eigenvalue weighted by molar-refractivity contribution is 6.10. The molecule has 0 unspecified atom stereocenters. The van der Waals surface area contributed by atoms with Crippen molar-refractivity contribution in [2.75, 3.05) is 0 Å². The quantitative estimate of drug-likeness (QED) is 0.256. The third kappa shape index (κ3) is 3.02. The standard InChI is InChI=1S/C33H21N5/c1-2-10-22(11-3-1)28-18-27-26-14-6-7-15-29(26)37(32(27)21-34-28)23-19-35-33(36-20-23)38-30-16-8-4-12-24(30)25-13-5-9-17-31(25)38/h1-21H. The van der Waals surface area contributed by atoms with E-state index in [-0.39, 0.29) is 0 Å². The maximum absolute atomic E-state index is 4.87. The Morgan fingerprint density at radius 3 is 1.58 bits per heavy atom. The second-order valence-corrected chi connectivity index (χ2v) is 9.42. The molecule has 4 aromatic heterocycles. The molecule has 4 heterocycles. The summed E-state index contributed by atoms with van der Waals surface area (Å²) >= 11 is 0. The zero-order valence-electron chi connectivity index (χ0n) is 20.4. The van der Waals surface area contributed by atoms with Gasteiger partial charge in [-0.3, -0.25) is 9.55 Å². The number of rotatable bonds is 3. The predicted molar refractivity (Wildman–Crippen MR) is 154 cm³/mol. The smallest absolute Gasteiger partial charge is 0.234 e. The second-order valence-electron chi connectivity index (χ2n) is 9.42. The Morgan fingerprint density at radius 1 is 0.421 bits per heavy atom. The van der Waals surface area contributed by atoms with Crippen molar-refractivity contribution in [1.29, 1.82) is 0 Å². The molecule has 0 fully saturated rings. The van der Waals surface area contributed by atoms with Crippen molar-refractivity contribution in [3.8, 4) is 22.9 Å². The molecule has 0 radical (unpaired) electrons. The topological polar surface area (TPSA) is 48.5 Å². The summed E-state index contributed by atoms with van der Waals surface area (Å²) in [6.07, 6.45) is 5.77. The largest absolute Gasteiger partial charge is 0.305 e. The SMILES string of the molecule is c1ccc(-c2cc3c4ccccc4n(-c4cnc(-n5c6ccccc6c6ccccc65)nc4)c3cn2)cc1. The fourth-order valence-electron chi connectivity index (χ4n) is 5.60. The van der Waals surface area contributed by atoms with Crippen LogP contribution >= 0.6 is 0 Å². The maximum Gasteiger partial charge on any atom is 0.234 e. The average molecular weight is 488 g/mol. The van der Waals surface area contributed by atoms with Crippen LogP contribution in [0.3, 0.4) is 0 Å². The molecule has 8 rings (SSSR count). The van der Waals surface area contributed by atoms with E-state index < -0.39 is 0 Å². The summed E-state index contributed by atoms with van der Waals surface area (Å²) < 4.78 is 4.33. The van der Waals surface area contributed by atoms with Gasteiger partial charge in [-0.1, -0.05) is 84.9 Å². The minimum Gasteiger partial charge on any atom is -0.305 e. The van der Waals surface area contributed by atoms with Crippen LogP contribution in [0.2, 0.25) is 0 Å². The molecule has 178 valence electrons. The van der Waals surface area contributed by atoms with E-state index in [2.05, 4.69) is 100 Å². The molecule has 0 saturated carbocycles. The number of para-hydroxylation sites is 3. The third-order valence-corrected chi connectivity index (χ3v) is 7.29. The second kappa shape index (κ2) is 8.11. The summed E-state index contributed by atoms with van der Waals surface area (Å²) in [6, 6.07) is 37.7. The van der Waals surface area contributed by atoms with Gasteiger partial charge in [-0.05, 0) is 24.3 Å². The molecule has 5 nitrogen and oxygen atoms in total. The number of hydrogen-bond donors (Lipinski definition) is 0. The minimum absolute atomic E-state index is 0.649. The zero-order valence-corrected chi connectivity index (χ0v) is 20.4. The molecule has 0 aliphatic rings. The lowest BCUT2D eigenvalue weighted by Gasteiger charge is -2.10. The van der Waals surface area contributed by atoms with Crippen LogP contribution < -0.4 is 0 Å². The van der Waals surface area contributed by atoms with Crippen LogP contribution in [-0.4, -0.2) is 24.1 Å². The minimum atomic E-state index is 0.649. The molecule has 0 amide bonds. The van der Waals surface area contributed by atoms with Gasteiger partial charge in [0.2, 0.25) is 5.95 Å². The molecule has 0 aliphatic carbocycles. The summed E-state index contributed by atoms with van der Waals surface area (Å²) in [5.41, 5.74) is 7.27. The molecule has 4 aromatic carbocycles. The lowest BCUT2D eigenvalue weighted by Crippen LogP contribution is -2.03. The molecule has 0 bridgehead atoms. The molecule has 38 heavy (non-hydrogen) atoms. The number of benzene rings is 4. The van der Waals surface area contributed by atoms with Crippen LogP contribution in [0.25, 0.3) is 66.5 Å². The summed E-state index contributed by atoms with van der Waals surface area (Å²) in [7, 11) is 0. The Kier molecular flexibility index (Phi) is 4.45. The van der Waals surface area contributed by atoms with Gasteiger partial charge in [0.15, 0.2) is 0 Å². The van der Waals surface area contributed by atoms with Crippen molar-refractivity contribution >= 4 is 43.6 Å². The van der Waals surface area contributed by atoms with E-state index in [0.29, 0.717) is 5.95 Å². The molecular weight excluding hydrogens is 466 g/mol. The zero-order chi connectivity index (χ0) is 25.1. The third-order valence-electron chi connectivity index (χ3n) is 7.29. The van der Waals surface area contributed by atoms with E-state index in [1.54, 1.807) is 0 Å². The van der Waals surface area contributed by atoms with Crippen LogP contribution in [0.5, 0.6) is 0 Å². The summed E-state index contributed by atoms with van der Waals surface area (Å²) in [4.78, 5) is 14.6. The fraction of sp³-hybridized carbons (Fsp3) is 0. The van der Waals surface area contributed by atoms with Crippen molar-refractivity contribution in [3.63, 3.8) is 0 Å². The van der Waals surface area contributed by atoms with Gasteiger partial charge in [0.1, 0.15) is 0 Å². The summed E-state index contributed by atoms with van der Waals surface area (Å²) in [5.74, 6) is 0.649. The first-order valence-electron chi connectivity index (χ1n) is 12.6. The molecule has 0 spiro atoms. The van der Waals surface area contributed by atoms with Gasteiger partial charge in [0.05, 0.1) is 52.0 Å². The summed E-state index contributed by atoms with van der Waals surface area (Å²) in [5, 5.41) is 4.71. The Labute approximate surface area is 218 Å². The van der Waals surface area contributed by atoms with Crippen LogP contribution in [-0.2, 0) is 0 Å². The number of hydrogen-bond acceptors (Lipinski definition) is 3. The van der Waals surface area contributed by atoms with Gasteiger partial charge < -0.3 is 4.57 Å². The fourth-order valence-corrected chi connectivity index (χ4v) is 5.60. The van der Waals surface area contributed by atoms with Gasteiger partial charge in [-0.2, -0.15) is 0 Å². The van der Waals surface area contributed by atoms with Crippen molar-refractivity contribution in [2.45, 2.75) is 0 Å². The summed E-state index contributed by atoms with van der Waals surface area (Å²) in [6.45, 7) is 0. The molecule has 0 atom stereocenters. The Balaban J connectivity index is 1.32. The van der Waals surface area contributed by atoms with Crippen molar-refractivity contribution in [2.24, 2.45) is 0 Å². The van der Waals surface area contributed by atoms with Crippen LogP contribution in [0.15, 0.2) is 128 Å². The van der Waals surface area contributed by atoms with Crippen molar-refractivity contribution in [3.05, 3.63) is 128 Å². The van der Waals surface area contributed by atoms with Gasteiger partial charge in [-0.15, -0.1) is 0 Å². The Morgan fingerprint density at radius 2 is 0.947 bits per heavy atom. The van der Waals surface area contributed by atoms with E-state index >= 15 is 0 Å². The highest BCUT2D eigenvalue weighted by Crippen LogP contribution is 2.34. The average Bonchev–Trinajstić information content (AvgIpc) is 3.50. The van der Waals surface area contributed by atoms with Crippen molar-refractivity contribution < 1.29 is 0 Å². The molecule has 0 N–H and O–H groups in total. The monoisotopic (exact) mass is 487 g/mol. The Hall–Kier alpha value is -5.29. The predicted octanol–water partition coefficient (Wildman–Crippen LogP) is 7.73.